The fraction of sp³-hybridized carbons (Fsp3) is 0.500. The van der Waals surface area contributed by atoms with E-state index >= 15 is 0 Å². The molecule has 0 saturated heterocycles. The van der Waals surface area contributed by atoms with Crippen molar-refractivity contribution in [1.82, 2.24) is 0 Å². The van der Waals surface area contributed by atoms with E-state index in [9.17, 15) is 4.79 Å². The molecule has 0 unspecified atom stereocenters. The van der Waals surface area contributed by atoms with Crippen molar-refractivity contribution < 1.29 is 9.53 Å². The van der Waals surface area contributed by atoms with Crippen molar-refractivity contribution >= 4 is 5.78 Å². The van der Waals surface area contributed by atoms with Crippen LogP contribution in [0.5, 0.6) is 5.75 Å². The van der Waals surface area contributed by atoms with Crippen LogP contribution in [-0.4, -0.2) is 12.9 Å². The summed E-state index contributed by atoms with van der Waals surface area (Å²) < 4.78 is 5.19. The number of benzene rings is 1. The van der Waals surface area contributed by atoms with Crippen molar-refractivity contribution in [3.63, 3.8) is 0 Å². The lowest BCUT2D eigenvalue weighted by Gasteiger charge is -2.19. The summed E-state index contributed by atoms with van der Waals surface area (Å²) in [7, 11) is 1.65. The number of rotatable bonds is 1. The SMILES string of the molecule is COc1ccc2c(c1)C(=O)C1(CCCC1)C2. The Morgan fingerprint density at radius 3 is 2.69 bits per heavy atom. The highest BCUT2D eigenvalue weighted by Crippen LogP contribution is 2.49. The summed E-state index contributed by atoms with van der Waals surface area (Å²) in [6.45, 7) is 0. The smallest absolute Gasteiger partial charge is 0.169 e. The predicted octanol–water partition coefficient (Wildman–Crippen LogP) is 2.99. The summed E-state index contributed by atoms with van der Waals surface area (Å²) in [6.07, 6.45) is 5.50. The number of ketones is 1. The maximum atomic E-state index is 12.4. The topological polar surface area (TPSA) is 26.3 Å². The van der Waals surface area contributed by atoms with Crippen LogP contribution in [0.1, 0.15) is 41.6 Å². The van der Waals surface area contributed by atoms with Gasteiger partial charge < -0.3 is 4.74 Å². The number of fused-ring (bicyclic) bond motifs is 1. The van der Waals surface area contributed by atoms with E-state index in [1.54, 1.807) is 7.11 Å². The molecule has 0 N–H and O–H groups in total. The summed E-state index contributed by atoms with van der Waals surface area (Å²) in [5.74, 6) is 1.15. The van der Waals surface area contributed by atoms with Crippen molar-refractivity contribution in [1.29, 1.82) is 0 Å². The van der Waals surface area contributed by atoms with Crippen molar-refractivity contribution in [2.75, 3.05) is 7.11 Å². The normalized spacial score (nSPS) is 21.4. The van der Waals surface area contributed by atoms with Gasteiger partial charge in [0, 0.05) is 11.0 Å². The molecule has 0 atom stereocenters. The van der Waals surface area contributed by atoms with Crippen LogP contribution in [0.3, 0.4) is 0 Å². The lowest BCUT2D eigenvalue weighted by molar-refractivity contribution is 0.0827. The van der Waals surface area contributed by atoms with Crippen molar-refractivity contribution in [3.05, 3.63) is 29.3 Å². The minimum absolute atomic E-state index is 0.0469. The van der Waals surface area contributed by atoms with E-state index in [4.69, 9.17) is 4.74 Å². The lowest BCUT2D eigenvalue weighted by Crippen LogP contribution is -2.23. The molecular formula is C14H16O2. The molecule has 0 amide bonds. The molecule has 2 heteroatoms. The van der Waals surface area contributed by atoms with Gasteiger partial charge in [-0.1, -0.05) is 18.9 Å². The van der Waals surface area contributed by atoms with Gasteiger partial charge >= 0.3 is 0 Å². The first kappa shape index (κ1) is 9.88. The monoisotopic (exact) mass is 216 g/mol. The number of hydrogen-bond acceptors (Lipinski definition) is 2. The molecule has 1 fully saturated rings. The quantitative estimate of drug-likeness (QED) is 0.721. The number of carbonyl (C=O) groups excluding carboxylic acids is 1. The van der Waals surface area contributed by atoms with Gasteiger partial charge in [-0.05, 0) is 37.0 Å². The Hall–Kier alpha value is -1.31. The Labute approximate surface area is 95.6 Å². The standard InChI is InChI=1S/C14H16O2/c1-16-11-5-4-10-9-14(6-2-3-7-14)13(15)12(10)8-11/h4-5,8H,2-3,6-7,9H2,1H3. The van der Waals surface area contributed by atoms with E-state index in [1.165, 1.54) is 18.4 Å². The second-order valence-electron chi connectivity index (χ2n) is 5.02. The molecule has 1 saturated carbocycles. The van der Waals surface area contributed by atoms with Crippen molar-refractivity contribution in [3.8, 4) is 5.75 Å². The molecule has 1 spiro atoms. The first-order chi connectivity index (χ1) is 7.75. The summed E-state index contributed by atoms with van der Waals surface area (Å²) >= 11 is 0. The summed E-state index contributed by atoms with van der Waals surface area (Å²) in [5, 5.41) is 0. The molecule has 2 nitrogen and oxygen atoms in total. The molecule has 84 valence electrons. The highest BCUT2D eigenvalue weighted by atomic mass is 16.5. The predicted molar refractivity (Wildman–Crippen MR) is 61.9 cm³/mol. The minimum Gasteiger partial charge on any atom is -0.497 e. The molecule has 0 aromatic heterocycles. The molecule has 0 heterocycles. The van der Waals surface area contributed by atoms with Crippen LogP contribution in [0.25, 0.3) is 0 Å². The molecule has 2 aliphatic carbocycles. The second kappa shape index (κ2) is 3.34. The zero-order chi connectivity index (χ0) is 11.2. The molecular weight excluding hydrogens is 200 g/mol. The van der Waals surface area contributed by atoms with Gasteiger partial charge in [0.1, 0.15) is 5.75 Å². The van der Waals surface area contributed by atoms with Crippen molar-refractivity contribution in [2.24, 2.45) is 5.41 Å². The molecule has 16 heavy (non-hydrogen) atoms. The number of carbonyl (C=O) groups is 1. The van der Waals surface area contributed by atoms with Crippen LogP contribution < -0.4 is 4.74 Å². The van der Waals surface area contributed by atoms with Crippen LogP contribution in [0, 0.1) is 5.41 Å². The Balaban J connectivity index is 2.04. The third-order valence-corrected chi connectivity index (χ3v) is 4.13. The van der Waals surface area contributed by atoms with Crippen LogP contribution >= 0.6 is 0 Å². The molecule has 3 rings (SSSR count). The molecule has 0 aliphatic heterocycles. The Kier molecular flexibility index (Phi) is 2.06. The number of methoxy groups -OCH3 is 1. The van der Waals surface area contributed by atoms with Crippen LogP contribution in [0.15, 0.2) is 18.2 Å². The fourth-order valence-electron chi connectivity index (χ4n) is 3.23. The number of hydrogen-bond donors (Lipinski definition) is 0. The van der Waals surface area contributed by atoms with Gasteiger partial charge in [0.2, 0.25) is 0 Å². The van der Waals surface area contributed by atoms with Gasteiger partial charge in [0.05, 0.1) is 7.11 Å². The summed E-state index contributed by atoms with van der Waals surface area (Å²) in [5.41, 5.74) is 2.07. The molecule has 2 aliphatic rings. The fourth-order valence-corrected chi connectivity index (χ4v) is 3.23. The highest BCUT2D eigenvalue weighted by molar-refractivity contribution is 6.05. The molecule has 0 radical (unpaired) electrons. The van der Waals surface area contributed by atoms with Crippen LogP contribution in [0.4, 0.5) is 0 Å². The van der Waals surface area contributed by atoms with Gasteiger partial charge in [0.15, 0.2) is 5.78 Å². The summed E-state index contributed by atoms with van der Waals surface area (Å²) in [4.78, 5) is 12.4. The first-order valence-electron chi connectivity index (χ1n) is 5.97. The van der Waals surface area contributed by atoms with E-state index in [0.717, 1.165) is 30.6 Å². The Bertz CT molecular complexity index is 442. The largest absolute Gasteiger partial charge is 0.497 e. The van der Waals surface area contributed by atoms with Crippen LogP contribution in [0.2, 0.25) is 0 Å². The molecule has 1 aromatic carbocycles. The van der Waals surface area contributed by atoms with E-state index in [2.05, 4.69) is 6.07 Å². The maximum Gasteiger partial charge on any atom is 0.169 e. The number of ether oxygens (including phenoxy) is 1. The van der Waals surface area contributed by atoms with Crippen molar-refractivity contribution in [2.45, 2.75) is 32.1 Å². The first-order valence-corrected chi connectivity index (χ1v) is 5.97. The van der Waals surface area contributed by atoms with E-state index < -0.39 is 0 Å². The van der Waals surface area contributed by atoms with E-state index in [-0.39, 0.29) is 5.41 Å². The van der Waals surface area contributed by atoms with Gasteiger partial charge in [0.25, 0.3) is 0 Å². The average molecular weight is 216 g/mol. The Morgan fingerprint density at radius 1 is 1.25 bits per heavy atom. The molecule has 1 aromatic rings. The van der Waals surface area contributed by atoms with Gasteiger partial charge in [-0.3, -0.25) is 4.79 Å². The lowest BCUT2D eigenvalue weighted by atomic mass is 9.82. The average Bonchev–Trinajstić information content (AvgIpc) is 2.87. The zero-order valence-corrected chi connectivity index (χ0v) is 9.58. The summed E-state index contributed by atoms with van der Waals surface area (Å²) in [6, 6.07) is 5.92. The maximum absolute atomic E-state index is 12.4. The number of Topliss-reactive ketones (excluding diaryl/α,β-unsaturated/α-hetero) is 1. The third-order valence-electron chi connectivity index (χ3n) is 4.13. The second-order valence-corrected chi connectivity index (χ2v) is 5.02. The van der Waals surface area contributed by atoms with Gasteiger partial charge in [-0.2, -0.15) is 0 Å². The van der Waals surface area contributed by atoms with Gasteiger partial charge in [-0.15, -0.1) is 0 Å². The third kappa shape index (κ3) is 1.22. The highest BCUT2D eigenvalue weighted by Gasteiger charge is 2.46. The van der Waals surface area contributed by atoms with Gasteiger partial charge in [-0.25, -0.2) is 0 Å². The van der Waals surface area contributed by atoms with E-state index in [0.29, 0.717) is 5.78 Å². The Morgan fingerprint density at radius 2 is 2.00 bits per heavy atom. The van der Waals surface area contributed by atoms with E-state index in [1.807, 2.05) is 12.1 Å². The minimum atomic E-state index is -0.0469. The molecule has 0 bridgehead atoms. The van der Waals surface area contributed by atoms with Crippen LogP contribution in [-0.2, 0) is 6.42 Å². The zero-order valence-electron chi connectivity index (χ0n) is 9.58.